The average molecular weight is 182 g/mol. The van der Waals surface area contributed by atoms with Crippen molar-refractivity contribution in [1.29, 1.82) is 0 Å². The van der Waals surface area contributed by atoms with E-state index in [1.54, 1.807) is 0 Å². The van der Waals surface area contributed by atoms with Crippen molar-refractivity contribution < 1.29 is 49.7 Å². The molecule has 1 atom stereocenters. The zero-order valence-electron chi connectivity index (χ0n) is 7.33. The summed E-state index contributed by atoms with van der Waals surface area (Å²) >= 11 is 0. The van der Waals surface area contributed by atoms with Crippen LogP contribution in [0.15, 0.2) is 12.2 Å². The molecule has 0 spiro atoms. The third kappa shape index (κ3) is 4.90. The molecule has 0 saturated heterocycles. The minimum absolute atomic E-state index is 0. The SMILES string of the molecule is C=C(CO)C(C)(O)CC(=O)[O-].[Na+]. The summed E-state index contributed by atoms with van der Waals surface area (Å²) in [6.07, 6.45) is -0.549. The Kier molecular flexibility index (Phi) is 6.98. The molecule has 64 valence electrons. The Morgan fingerprint density at radius 1 is 1.67 bits per heavy atom. The summed E-state index contributed by atoms with van der Waals surface area (Å²) in [5, 5.41) is 27.8. The second kappa shape index (κ2) is 5.72. The van der Waals surface area contributed by atoms with Gasteiger partial charge in [-0.25, -0.2) is 0 Å². The van der Waals surface area contributed by atoms with Crippen LogP contribution in [0.4, 0.5) is 0 Å². The van der Waals surface area contributed by atoms with E-state index in [9.17, 15) is 15.0 Å². The van der Waals surface area contributed by atoms with Gasteiger partial charge in [-0.05, 0) is 12.5 Å². The van der Waals surface area contributed by atoms with Crippen LogP contribution >= 0.6 is 0 Å². The number of carbonyl (C=O) groups is 1. The molecule has 0 heterocycles. The van der Waals surface area contributed by atoms with E-state index >= 15 is 0 Å². The van der Waals surface area contributed by atoms with Gasteiger partial charge in [-0.2, -0.15) is 0 Å². The summed E-state index contributed by atoms with van der Waals surface area (Å²) in [7, 11) is 0. The van der Waals surface area contributed by atoms with Crippen LogP contribution in [0.1, 0.15) is 13.3 Å². The quantitative estimate of drug-likeness (QED) is 0.339. The Morgan fingerprint density at radius 3 is 2.33 bits per heavy atom. The van der Waals surface area contributed by atoms with Crippen molar-refractivity contribution in [2.24, 2.45) is 0 Å². The summed E-state index contributed by atoms with van der Waals surface area (Å²) < 4.78 is 0. The van der Waals surface area contributed by atoms with Gasteiger partial charge in [-0.3, -0.25) is 0 Å². The average Bonchev–Trinajstić information content (AvgIpc) is 1.83. The van der Waals surface area contributed by atoms with Crippen LogP contribution < -0.4 is 34.7 Å². The maximum absolute atomic E-state index is 10.0. The summed E-state index contributed by atoms with van der Waals surface area (Å²) in [5.74, 6) is -1.37. The summed E-state index contributed by atoms with van der Waals surface area (Å²) in [6.45, 7) is 4.14. The summed E-state index contributed by atoms with van der Waals surface area (Å²) in [4.78, 5) is 10.0. The first-order valence-electron chi connectivity index (χ1n) is 3.11. The van der Waals surface area contributed by atoms with E-state index in [-0.39, 0.29) is 35.1 Å². The van der Waals surface area contributed by atoms with Crippen molar-refractivity contribution in [1.82, 2.24) is 0 Å². The molecule has 0 radical (unpaired) electrons. The Hall–Kier alpha value is 0.130. The fourth-order valence-corrected chi connectivity index (χ4v) is 0.576. The van der Waals surface area contributed by atoms with Gasteiger partial charge in [0.15, 0.2) is 0 Å². The molecule has 0 saturated carbocycles. The molecular weight excluding hydrogens is 171 g/mol. The molecule has 0 aliphatic rings. The molecule has 0 aromatic carbocycles. The maximum atomic E-state index is 10.0. The van der Waals surface area contributed by atoms with Gasteiger partial charge in [-0.15, -0.1) is 0 Å². The molecule has 5 heteroatoms. The number of hydrogen-bond acceptors (Lipinski definition) is 4. The van der Waals surface area contributed by atoms with Gasteiger partial charge in [-0.1, -0.05) is 6.58 Å². The van der Waals surface area contributed by atoms with Crippen LogP contribution in [-0.2, 0) is 4.79 Å². The molecule has 0 amide bonds. The van der Waals surface area contributed by atoms with E-state index in [0.717, 1.165) is 0 Å². The van der Waals surface area contributed by atoms with Crippen molar-refractivity contribution in [3.63, 3.8) is 0 Å². The Morgan fingerprint density at radius 2 is 2.08 bits per heavy atom. The zero-order valence-corrected chi connectivity index (χ0v) is 9.33. The Labute approximate surface area is 93.2 Å². The van der Waals surface area contributed by atoms with E-state index < -0.39 is 24.6 Å². The molecule has 0 aromatic rings. The van der Waals surface area contributed by atoms with Gasteiger partial charge in [0.25, 0.3) is 0 Å². The van der Waals surface area contributed by atoms with Gasteiger partial charge in [0.2, 0.25) is 0 Å². The van der Waals surface area contributed by atoms with Gasteiger partial charge in [0.05, 0.1) is 12.2 Å². The van der Waals surface area contributed by atoms with Crippen molar-refractivity contribution in [3.05, 3.63) is 12.2 Å². The van der Waals surface area contributed by atoms with Gasteiger partial charge in [0.1, 0.15) is 0 Å². The Bertz CT molecular complexity index is 176. The van der Waals surface area contributed by atoms with Gasteiger partial charge >= 0.3 is 29.6 Å². The van der Waals surface area contributed by atoms with E-state index in [1.165, 1.54) is 6.92 Å². The molecular formula is C7H11NaO4. The Balaban J connectivity index is 0. The monoisotopic (exact) mass is 182 g/mol. The minimum atomic E-state index is -1.58. The standard InChI is InChI=1S/C7H12O4.Na/c1-5(4-8)7(2,11)3-6(9)10;/h8,11H,1,3-4H2,2H3,(H,9,10);/q;+1/p-1. The van der Waals surface area contributed by atoms with E-state index in [1.807, 2.05) is 0 Å². The summed E-state index contributed by atoms with van der Waals surface area (Å²) in [5.41, 5.74) is -1.50. The van der Waals surface area contributed by atoms with Crippen molar-refractivity contribution in [2.45, 2.75) is 18.9 Å². The fraction of sp³-hybridized carbons (Fsp3) is 0.571. The number of carboxylic acids is 1. The van der Waals surface area contributed by atoms with E-state index in [0.29, 0.717) is 0 Å². The van der Waals surface area contributed by atoms with E-state index in [2.05, 4.69) is 6.58 Å². The zero-order chi connectivity index (χ0) is 9.07. The van der Waals surface area contributed by atoms with Gasteiger partial charge < -0.3 is 20.1 Å². The number of aliphatic carboxylic acids is 1. The smallest absolute Gasteiger partial charge is 0.550 e. The van der Waals surface area contributed by atoms with Crippen molar-refractivity contribution in [2.75, 3.05) is 6.61 Å². The molecule has 0 aliphatic carbocycles. The van der Waals surface area contributed by atoms with Crippen molar-refractivity contribution >= 4 is 5.97 Å². The number of carboxylic acid groups (broad SMARTS) is 1. The number of aliphatic hydroxyl groups is 2. The maximum Gasteiger partial charge on any atom is 1.00 e. The second-order valence-electron chi connectivity index (χ2n) is 2.58. The fourth-order valence-electron chi connectivity index (χ4n) is 0.576. The molecule has 12 heavy (non-hydrogen) atoms. The number of hydrogen-bond donors (Lipinski definition) is 2. The first-order valence-corrected chi connectivity index (χ1v) is 3.11. The molecule has 4 nitrogen and oxygen atoms in total. The van der Waals surface area contributed by atoms with Crippen LogP contribution in [0.25, 0.3) is 0 Å². The molecule has 0 rings (SSSR count). The molecule has 0 fully saturated rings. The van der Waals surface area contributed by atoms with Crippen LogP contribution in [0.3, 0.4) is 0 Å². The second-order valence-corrected chi connectivity index (χ2v) is 2.58. The third-order valence-electron chi connectivity index (χ3n) is 1.44. The number of rotatable bonds is 4. The van der Waals surface area contributed by atoms with Crippen LogP contribution in [0.2, 0.25) is 0 Å². The van der Waals surface area contributed by atoms with Gasteiger partial charge in [0, 0.05) is 12.4 Å². The van der Waals surface area contributed by atoms with Crippen LogP contribution in [0.5, 0.6) is 0 Å². The molecule has 0 aromatic heterocycles. The molecule has 2 N–H and O–H groups in total. The topological polar surface area (TPSA) is 80.6 Å². The first-order chi connectivity index (χ1) is 4.90. The van der Waals surface area contributed by atoms with E-state index in [4.69, 9.17) is 5.11 Å². The predicted molar refractivity (Wildman–Crippen MR) is 36.5 cm³/mol. The minimum Gasteiger partial charge on any atom is -0.550 e. The molecule has 0 bridgehead atoms. The molecule has 1 unspecified atom stereocenters. The van der Waals surface area contributed by atoms with Crippen LogP contribution in [-0.4, -0.2) is 28.4 Å². The third-order valence-corrected chi connectivity index (χ3v) is 1.44. The number of aliphatic hydroxyl groups excluding tert-OH is 1. The largest absolute Gasteiger partial charge is 1.00 e. The predicted octanol–water partition coefficient (Wildman–Crippen LogP) is -4.57. The first kappa shape index (κ1) is 14.6. The number of carbonyl (C=O) groups excluding carboxylic acids is 1. The summed E-state index contributed by atoms with van der Waals surface area (Å²) in [6, 6.07) is 0. The van der Waals surface area contributed by atoms with Crippen molar-refractivity contribution in [3.8, 4) is 0 Å². The normalized spacial score (nSPS) is 14.2. The van der Waals surface area contributed by atoms with Crippen LogP contribution in [0, 0.1) is 0 Å². The molecule has 0 aliphatic heterocycles.